The lowest BCUT2D eigenvalue weighted by Gasteiger charge is -2.26. The van der Waals surface area contributed by atoms with Crippen LogP contribution in [0.3, 0.4) is 0 Å². The second-order valence-corrected chi connectivity index (χ2v) is 8.37. The Balaban J connectivity index is 1.76. The van der Waals surface area contributed by atoms with Crippen LogP contribution in [0.15, 0.2) is 23.1 Å². The van der Waals surface area contributed by atoms with Crippen molar-refractivity contribution in [3.63, 3.8) is 0 Å². The summed E-state index contributed by atoms with van der Waals surface area (Å²) in [7, 11) is -3.57. The molecule has 1 aliphatic rings. The van der Waals surface area contributed by atoms with Crippen LogP contribution in [0.2, 0.25) is 10.0 Å². The zero-order valence-electron chi connectivity index (χ0n) is 13.1. The zero-order valence-corrected chi connectivity index (χ0v) is 15.5. The van der Waals surface area contributed by atoms with Crippen molar-refractivity contribution in [1.29, 1.82) is 0 Å². The second-order valence-electron chi connectivity index (χ2n) is 5.45. The molecule has 0 radical (unpaired) electrons. The fourth-order valence-electron chi connectivity index (χ4n) is 2.28. The first-order chi connectivity index (χ1) is 11.4. The largest absolute Gasteiger partial charge is 0.379 e. The second kappa shape index (κ2) is 9.01. The van der Waals surface area contributed by atoms with Gasteiger partial charge in [-0.15, -0.1) is 0 Å². The Morgan fingerprint density at radius 3 is 2.58 bits per heavy atom. The van der Waals surface area contributed by atoms with Crippen molar-refractivity contribution in [2.45, 2.75) is 11.3 Å². The number of hydrogen-bond donors (Lipinski definition) is 1. The van der Waals surface area contributed by atoms with Crippen LogP contribution in [-0.2, 0) is 19.4 Å². The van der Waals surface area contributed by atoms with Gasteiger partial charge in [0.25, 0.3) is 0 Å². The van der Waals surface area contributed by atoms with E-state index in [0.717, 1.165) is 19.6 Å². The third kappa shape index (κ3) is 5.89. The van der Waals surface area contributed by atoms with Crippen LogP contribution in [-0.4, -0.2) is 64.4 Å². The Kier molecular flexibility index (Phi) is 7.31. The molecule has 0 aliphatic carbocycles. The highest BCUT2D eigenvalue weighted by Gasteiger charge is 2.18. The Morgan fingerprint density at radius 2 is 1.92 bits per heavy atom. The first-order valence-electron chi connectivity index (χ1n) is 7.63. The van der Waals surface area contributed by atoms with Gasteiger partial charge in [0.05, 0.1) is 33.9 Å². The molecule has 0 aromatic heterocycles. The van der Waals surface area contributed by atoms with Gasteiger partial charge in [-0.2, -0.15) is 0 Å². The van der Waals surface area contributed by atoms with E-state index < -0.39 is 9.84 Å². The topological polar surface area (TPSA) is 75.7 Å². The van der Waals surface area contributed by atoms with Crippen LogP contribution >= 0.6 is 23.2 Å². The molecule has 0 unspecified atom stereocenters. The summed E-state index contributed by atoms with van der Waals surface area (Å²) in [6, 6.07) is 4.12. The first-order valence-corrected chi connectivity index (χ1v) is 10.0. The quantitative estimate of drug-likeness (QED) is 0.759. The molecule has 9 heteroatoms. The number of hydrogen-bond acceptors (Lipinski definition) is 5. The van der Waals surface area contributed by atoms with Crippen molar-refractivity contribution >= 4 is 38.9 Å². The minimum atomic E-state index is -3.57. The molecule has 1 aromatic carbocycles. The van der Waals surface area contributed by atoms with E-state index >= 15 is 0 Å². The summed E-state index contributed by atoms with van der Waals surface area (Å²) in [4.78, 5) is 14.1. The van der Waals surface area contributed by atoms with Crippen LogP contribution < -0.4 is 5.32 Å². The van der Waals surface area contributed by atoms with Crippen molar-refractivity contribution < 1.29 is 17.9 Å². The molecule has 1 aliphatic heterocycles. The third-order valence-electron chi connectivity index (χ3n) is 3.70. The maximum atomic E-state index is 12.2. The Labute approximate surface area is 152 Å². The van der Waals surface area contributed by atoms with Gasteiger partial charge in [0.2, 0.25) is 5.91 Å². The molecule has 0 atom stereocenters. The number of nitrogens with one attached hydrogen (secondary N) is 1. The van der Waals surface area contributed by atoms with E-state index in [1.54, 1.807) is 0 Å². The van der Waals surface area contributed by atoms with E-state index in [-0.39, 0.29) is 33.0 Å². The molecule has 2 rings (SSSR count). The van der Waals surface area contributed by atoms with Gasteiger partial charge in [-0.05, 0) is 18.2 Å². The minimum Gasteiger partial charge on any atom is -0.379 e. The average molecular weight is 395 g/mol. The smallest absolute Gasteiger partial charge is 0.221 e. The molecule has 1 saturated heterocycles. The van der Waals surface area contributed by atoms with Crippen molar-refractivity contribution in [1.82, 2.24) is 10.2 Å². The summed E-state index contributed by atoms with van der Waals surface area (Å²) in [5, 5.41) is 3.20. The van der Waals surface area contributed by atoms with Crippen molar-refractivity contribution in [2.75, 3.05) is 45.1 Å². The van der Waals surface area contributed by atoms with Gasteiger partial charge in [0.1, 0.15) is 0 Å². The summed E-state index contributed by atoms with van der Waals surface area (Å²) in [5.41, 5.74) is 0. The number of halogens is 2. The third-order valence-corrected chi connectivity index (χ3v) is 6.15. The average Bonchev–Trinajstić information content (AvgIpc) is 2.56. The lowest BCUT2D eigenvalue weighted by atomic mass is 10.4. The van der Waals surface area contributed by atoms with Gasteiger partial charge in [0, 0.05) is 32.6 Å². The lowest BCUT2D eigenvalue weighted by Crippen LogP contribution is -2.41. The molecule has 0 spiro atoms. The molecule has 6 nitrogen and oxygen atoms in total. The molecule has 24 heavy (non-hydrogen) atoms. The maximum absolute atomic E-state index is 12.2. The van der Waals surface area contributed by atoms with E-state index in [1.165, 1.54) is 18.2 Å². The van der Waals surface area contributed by atoms with Gasteiger partial charge in [-0.1, -0.05) is 23.2 Å². The fraction of sp³-hybridized carbons (Fsp3) is 0.533. The normalized spacial score (nSPS) is 16.1. The summed E-state index contributed by atoms with van der Waals surface area (Å²) in [5.74, 6) is -0.555. The van der Waals surface area contributed by atoms with Gasteiger partial charge < -0.3 is 10.1 Å². The van der Waals surface area contributed by atoms with Crippen LogP contribution in [0.4, 0.5) is 0 Å². The Hall–Kier alpha value is -0.860. The highest BCUT2D eigenvalue weighted by molar-refractivity contribution is 7.91. The molecule has 1 amide bonds. The fourth-order valence-corrected chi connectivity index (χ4v) is 3.91. The minimum absolute atomic E-state index is 0.0676. The maximum Gasteiger partial charge on any atom is 0.221 e. The predicted molar refractivity (Wildman–Crippen MR) is 93.4 cm³/mol. The standard InChI is InChI=1S/C15H20Cl2N2O4S/c16-13-2-1-12(11-14(13)17)24(21,22)10-3-15(20)18-4-5-19-6-8-23-9-7-19/h1-2,11H,3-10H2,(H,18,20). The SMILES string of the molecule is O=C(CCS(=O)(=O)c1ccc(Cl)c(Cl)c1)NCCN1CCOCC1. The molecular formula is C15H20Cl2N2O4S. The summed E-state index contributed by atoms with van der Waals surface area (Å²) < 4.78 is 29.7. The van der Waals surface area contributed by atoms with Crippen LogP contribution in [0.25, 0.3) is 0 Å². The molecule has 1 aromatic rings. The van der Waals surface area contributed by atoms with E-state index in [1.807, 2.05) is 0 Å². The number of rotatable bonds is 7. The Morgan fingerprint density at radius 1 is 1.21 bits per heavy atom. The van der Waals surface area contributed by atoms with E-state index in [9.17, 15) is 13.2 Å². The number of ether oxygens (including phenoxy) is 1. The molecule has 1 fully saturated rings. The summed E-state index contributed by atoms with van der Waals surface area (Å²) >= 11 is 11.6. The molecule has 1 N–H and O–H groups in total. The van der Waals surface area contributed by atoms with E-state index in [2.05, 4.69) is 10.2 Å². The van der Waals surface area contributed by atoms with Gasteiger partial charge in [-0.3, -0.25) is 9.69 Å². The predicted octanol–water partition coefficient (Wildman–Crippen LogP) is 1.61. The van der Waals surface area contributed by atoms with Crippen molar-refractivity contribution in [3.05, 3.63) is 28.2 Å². The highest BCUT2D eigenvalue weighted by Crippen LogP contribution is 2.25. The number of carbonyl (C=O) groups excluding carboxylic acids is 1. The van der Waals surface area contributed by atoms with E-state index in [0.29, 0.717) is 19.8 Å². The van der Waals surface area contributed by atoms with Gasteiger partial charge in [-0.25, -0.2) is 8.42 Å². The van der Waals surface area contributed by atoms with E-state index in [4.69, 9.17) is 27.9 Å². The number of benzene rings is 1. The van der Waals surface area contributed by atoms with Gasteiger partial charge in [0.15, 0.2) is 9.84 Å². The van der Waals surface area contributed by atoms with Crippen LogP contribution in [0.1, 0.15) is 6.42 Å². The molecule has 1 heterocycles. The molecular weight excluding hydrogens is 375 g/mol. The van der Waals surface area contributed by atoms with Crippen molar-refractivity contribution in [3.8, 4) is 0 Å². The van der Waals surface area contributed by atoms with Crippen LogP contribution in [0, 0.1) is 0 Å². The number of sulfone groups is 1. The number of carbonyl (C=O) groups is 1. The highest BCUT2D eigenvalue weighted by atomic mass is 35.5. The number of nitrogens with zero attached hydrogens (tertiary/aromatic N) is 1. The zero-order chi connectivity index (χ0) is 17.6. The first kappa shape index (κ1) is 19.5. The monoisotopic (exact) mass is 394 g/mol. The number of amides is 1. The molecule has 0 saturated carbocycles. The van der Waals surface area contributed by atoms with Gasteiger partial charge >= 0.3 is 0 Å². The lowest BCUT2D eigenvalue weighted by molar-refractivity contribution is -0.120. The molecule has 0 bridgehead atoms. The molecule has 134 valence electrons. The van der Waals surface area contributed by atoms with Crippen LogP contribution in [0.5, 0.6) is 0 Å². The Bertz CT molecular complexity index is 676. The van der Waals surface area contributed by atoms with Crippen molar-refractivity contribution in [2.24, 2.45) is 0 Å². The summed E-state index contributed by atoms with van der Waals surface area (Å²) in [6.07, 6.45) is -0.0916. The summed E-state index contributed by atoms with van der Waals surface area (Å²) in [6.45, 7) is 4.33. The number of morpholine rings is 1.